The number of ether oxygens (including phenoxy) is 1. The predicted molar refractivity (Wildman–Crippen MR) is 148 cm³/mol. The summed E-state index contributed by atoms with van der Waals surface area (Å²) < 4.78 is 8.86. The van der Waals surface area contributed by atoms with Gasteiger partial charge in [0.1, 0.15) is 11.6 Å². The van der Waals surface area contributed by atoms with Crippen LogP contribution >= 0.6 is 0 Å². The zero-order valence-electron chi connectivity index (χ0n) is 20.6. The molecule has 0 saturated heterocycles. The van der Waals surface area contributed by atoms with Crippen LogP contribution in [-0.4, -0.2) is 39.5 Å². The van der Waals surface area contributed by atoms with E-state index in [9.17, 15) is 0 Å². The van der Waals surface area contributed by atoms with Crippen molar-refractivity contribution in [3.05, 3.63) is 109 Å². The highest BCUT2D eigenvalue weighted by atomic mass is 16.5. The van der Waals surface area contributed by atoms with Crippen molar-refractivity contribution < 1.29 is 4.74 Å². The number of rotatable bonds is 5. The summed E-state index contributed by atoms with van der Waals surface area (Å²) in [5, 5.41) is 0. The second kappa shape index (κ2) is 8.49. The lowest BCUT2D eigenvalue weighted by Gasteiger charge is -2.30. The van der Waals surface area contributed by atoms with E-state index in [1.165, 1.54) is 0 Å². The molecule has 5 aromatic heterocycles. The Morgan fingerprint density at radius 3 is 2.10 bits per heavy atom. The van der Waals surface area contributed by atoms with Crippen LogP contribution in [0.2, 0.25) is 0 Å². The molecular weight excluding hydrogens is 488 g/mol. The molecule has 0 amide bonds. The van der Waals surface area contributed by atoms with Crippen LogP contribution in [0.4, 0.5) is 0 Å². The van der Waals surface area contributed by atoms with Gasteiger partial charge in [-0.2, -0.15) is 0 Å². The van der Waals surface area contributed by atoms with E-state index < -0.39 is 6.23 Å². The number of imidazole rings is 3. The van der Waals surface area contributed by atoms with Gasteiger partial charge in [0, 0.05) is 23.5 Å². The normalized spacial score (nSPS) is 14.1. The van der Waals surface area contributed by atoms with Crippen molar-refractivity contribution in [2.75, 3.05) is 0 Å². The van der Waals surface area contributed by atoms with Crippen molar-refractivity contribution >= 4 is 0 Å². The second-order valence-electron chi connectivity index (χ2n) is 9.39. The van der Waals surface area contributed by atoms with Crippen LogP contribution in [0.3, 0.4) is 0 Å². The first-order chi connectivity index (χ1) is 19.3. The molecule has 0 radical (unpaired) electrons. The first kappa shape index (κ1) is 21.5. The van der Waals surface area contributed by atoms with E-state index in [4.69, 9.17) is 9.72 Å². The molecule has 1 atom stereocenters. The largest absolute Gasteiger partial charge is 0.465 e. The first-order valence-corrected chi connectivity index (χ1v) is 12.6. The fourth-order valence-corrected chi connectivity index (χ4v) is 5.12. The molecule has 0 spiro atoms. The molecule has 39 heavy (non-hydrogen) atoms. The molecule has 9 nitrogen and oxygen atoms in total. The van der Waals surface area contributed by atoms with Gasteiger partial charge in [0.15, 0.2) is 11.6 Å². The lowest BCUT2D eigenvalue weighted by molar-refractivity contribution is 0.169. The minimum atomic E-state index is -0.407. The minimum Gasteiger partial charge on any atom is -0.465 e. The third-order valence-electron chi connectivity index (χ3n) is 7.02. The van der Waals surface area contributed by atoms with E-state index in [1.54, 1.807) is 0 Å². The maximum atomic E-state index is 6.73. The molecule has 9 heteroatoms. The van der Waals surface area contributed by atoms with Gasteiger partial charge in [0.05, 0.1) is 52.6 Å². The van der Waals surface area contributed by atoms with Gasteiger partial charge in [0.2, 0.25) is 6.23 Å². The molecule has 6 heterocycles. The zero-order chi connectivity index (χ0) is 25.8. The third kappa shape index (κ3) is 3.51. The number of aromatic nitrogens is 8. The number of nitrogens with zero attached hydrogens (tertiary/aromatic N) is 4. The van der Waals surface area contributed by atoms with Gasteiger partial charge >= 0.3 is 0 Å². The Balaban J connectivity index is 1.24. The lowest BCUT2D eigenvalue weighted by atomic mass is 10.0. The van der Waals surface area contributed by atoms with Gasteiger partial charge in [-0.25, -0.2) is 15.0 Å². The summed E-state index contributed by atoms with van der Waals surface area (Å²) in [7, 11) is 0. The monoisotopic (exact) mass is 510 g/mol. The number of hydrogen-bond donors (Lipinski definition) is 4. The quantitative estimate of drug-likeness (QED) is 0.219. The molecule has 7 aromatic rings. The molecule has 0 unspecified atom stereocenters. The van der Waals surface area contributed by atoms with Crippen molar-refractivity contribution in [1.82, 2.24) is 39.5 Å². The Kier molecular flexibility index (Phi) is 4.68. The average molecular weight is 511 g/mol. The lowest BCUT2D eigenvalue weighted by Crippen LogP contribution is -2.23. The number of fused-ring (bicyclic) bond motifs is 3. The van der Waals surface area contributed by atoms with Gasteiger partial charge in [-0.1, -0.05) is 36.4 Å². The Bertz CT molecular complexity index is 1890. The Morgan fingerprint density at radius 2 is 1.38 bits per heavy atom. The van der Waals surface area contributed by atoms with Gasteiger partial charge in [0.25, 0.3) is 0 Å². The molecular formula is C30H22N8O. The highest BCUT2D eigenvalue weighted by Gasteiger charge is 2.31. The highest BCUT2D eigenvalue weighted by molar-refractivity contribution is 5.76. The number of nitrogens with one attached hydrogen (secondary N) is 4. The van der Waals surface area contributed by atoms with Crippen molar-refractivity contribution in [2.45, 2.75) is 6.23 Å². The van der Waals surface area contributed by atoms with Gasteiger partial charge in [-0.15, -0.1) is 0 Å². The summed E-state index contributed by atoms with van der Waals surface area (Å²) in [6.45, 7) is 0. The summed E-state index contributed by atoms with van der Waals surface area (Å²) in [6.07, 6.45) is 8.91. The number of aromatic amines is 4. The van der Waals surface area contributed by atoms with Crippen molar-refractivity contribution in [1.29, 1.82) is 0 Å². The second-order valence-corrected chi connectivity index (χ2v) is 9.39. The van der Waals surface area contributed by atoms with E-state index in [0.29, 0.717) is 0 Å². The standard InChI is InChI=1S/C30H22N8O/c1-2-6-18(7-3-1)30-38-25(24-16-34-28(37-24)22-9-5-13-32-22)17-35-29(38)20-11-10-19(14-26(20)39-30)23-15-33-27(36-23)21-8-4-12-31-21/h1-17,30-32H,(H,33,36)(H,34,37)/t30-/m0/s1. The Morgan fingerprint density at radius 1 is 0.667 bits per heavy atom. The van der Waals surface area contributed by atoms with Crippen LogP contribution in [0.5, 0.6) is 5.75 Å². The zero-order valence-corrected chi connectivity index (χ0v) is 20.6. The summed E-state index contributed by atoms with van der Waals surface area (Å²) in [6, 6.07) is 24.2. The van der Waals surface area contributed by atoms with Gasteiger partial charge in [-0.05, 0) is 36.4 Å². The van der Waals surface area contributed by atoms with E-state index in [0.717, 1.165) is 68.4 Å². The molecule has 0 bridgehead atoms. The predicted octanol–water partition coefficient (Wildman–Crippen LogP) is 6.26. The van der Waals surface area contributed by atoms with Crippen LogP contribution in [0.15, 0.2) is 104 Å². The van der Waals surface area contributed by atoms with E-state index in [-0.39, 0.29) is 0 Å². The molecule has 1 aliphatic heterocycles. The summed E-state index contributed by atoms with van der Waals surface area (Å²) in [5.41, 5.74) is 7.44. The number of hydrogen-bond acceptors (Lipinski definition) is 4. The fraction of sp³-hybridized carbons (Fsp3) is 0.0333. The Labute approximate surface area is 222 Å². The third-order valence-corrected chi connectivity index (χ3v) is 7.02. The molecule has 0 aliphatic carbocycles. The van der Waals surface area contributed by atoms with Crippen LogP contribution in [0.25, 0.3) is 57.1 Å². The van der Waals surface area contributed by atoms with Crippen LogP contribution in [-0.2, 0) is 0 Å². The molecule has 8 rings (SSSR count). The summed E-state index contributed by atoms with van der Waals surface area (Å²) in [4.78, 5) is 27.2. The van der Waals surface area contributed by atoms with Crippen molar-refractivity contribution in [3.8, 4) is 62.8 Å². The van der Waals surface area contributed by atoms with Crippen LogP contribution in [0.1, 0.15) is 11.8 Å². The number of H-pyrrole nitrogens is 4. The van der Waals surface area contributed by atoms with E-state index >= 15 is 0 Å². The smallest absolute Gasteiger partial charge is 0.204 e. The maximum Gasteiger partial charge on any atom is 0.204 e. The first-order valence-electron chi connectivity index (χ1n) is 12.6. The molecule has 1 aliphatic rings. The highest BCUT2D eigenvalue weighted by Crippen LogP contribution is 2.44. The van der Waals surface area contributed by atoms with Gasteiger partial charge < -0.3 is 24.7 Å². The van der Waals surface area contributed by atoms with Crippen LogP contribution in [0, 0.1) is 0 Å². The van der Waals surface area contributed by atoms with Crippen molar-refractivity contribution in [2.24, 2.45) is 0 Å². The number of benzene rings is 2. The molecule has 188 valence electrons. The molecule has 0 saturated carbocycles. The van der Waals surface area contributed by atoms with E-state index in [1.807, 2.05) is 73.4 Å². The fourth-order valence-electron chi connectivity index (χ4n) is 5.12. The average Bonchev–Trinajstić information content (AvgIpc) is 3.81. The maximum absolute atomic E-state index is 6.73. The van der Waals surface area contributed by atoms with Crippen molar-refractivity contribution in [3.63, 3.8) is 0 Å². The topological polar surface area (TPSA) is 116 Å². The molecule has 4 N–H and O–H groups in total. The minimum absolute atomic E-state index is 0.407. The van der Waals surface area contributed by atoms with Gasteiger partial charge in [-0.3, -0.25) is 4.57 Å². The van der Waals surface area contributed by atoms with Crippen LogP contribution < -0.4 is 4.74 Å². The summed E-state index contributed by atoms with van der Waals surface area (Å²) in [5.74, 6) is 3.15. The Hall–Kier alpha value is -5.57. The SMILES string of the molecule is c1ccc([C@@H]2Oc3cc(-c4cnc(-c5ccc[nH]5)[nH]4)ccc3-c3ncc(-c4cnc(-c5ccc[nH]5)[nH]4)n32)cc1. The van der Waals surface area contributed by atoms with E-state index in [2.05, 4.69) is 64.8 Å². The molecule has 0 fully saturated rings. The molecule has 2 aromatic carbocycles. The summed E-state index contributed by atoms with van der Waals surface area (Å²) >= 11 is 0.